The van der Waals surface area contributed by atoms with Crippen molar-refractivity contribution in [2.24, 2.45) is 0 Å². The van der Waals surface area contributed by atoms with Crippen LogP contribution in [-0.2, 0) is 6.54 Å². The lowest BCUT2D eigenvalue weighted by Crippen LogP contribution is -2.22. The van der Waals surface area contributed by atoms with Crippen LogP contribution < -0.4 is 5.56 Å². The normalized spacial score (nSPS) is 10.3. The summed E-state index contributed by atoms with van der Waals surface area (Å²) in [6.07, 6.45) is 2.11. The third-order valence-corrected chi connectivity index (χ3v) is 2.46. The van der Waals surface area contributed by atoms with Gasteiger partial charge in [0.15, 0.2) is 0 Å². The van der Waals surface area contributed by atoms with Crippen LogP contribution in [0.25, 0.3) is 0 Å². The molecular weight excluding hydrogens is 287 g/mol. The monoisotopic (exact) mass is 294 g/mol. The number of alkyl halides is 1. The number of hydrogen-bond acceptors (Lipinski definition) is 3. The fourth-order valence-corrected chi connectivity index (χ4v) is 1.69. The Labute approximate surface area is 98.9 Å². The molecule has 0 fully saturated rings. The van der Waals surface area contributed by atoms with E-state index in [-0.39, 0.29) is 0 Å². The Balaban J connectivity index is 3.17. The van der Waals surface area contributed by atoms with Gasteiger partial charge in [0.1, 0.15) is 0 Å². The molecule has 0 aliphatic heterocycles. The minimum atomic E-state index is -0.690. The van der Waals surface area contributed by atoms with Crippen LogP contribution >= 0.6 is 27.5 Å². The lowest BCUT2D eigenvalue weighted by molar-refractivity contribution is -0.386. The van der Waals surface area contributed by atoms with Crippen molar-refractivity contribution in [1.82, 2.24) is 4.57 Å². The molecule has 0 atom stereocenters. The molecule has 0 aliphatic carbocycles. The van der Waals surface area contributed by atoms with Crippen molar-refractivity contribution in [1.29, 1.82) is 0 Å². The summed E-state index contributed by atoms with van der Waals surface area (Å²) >= 11 is 8.60. The summed E-state index contributed by atoms with van der Waals surface area (Å²) < 4.78 is 1.79. The number of aryl methyl sites for hydroxylation is 1. The molecule has 0 aliphatic rings. The second-order valence-corrected chi connectivity index (χ2v) is 4.14. The van der Waals surface area contributed by atoms with Crippen molar-refractivity contribution in [3.63, 3.8) is 0 Å². The number of halogens is 2. The van der Waals surface area contributed by atoms with Crippen LogP contribution in [0.5, 0.6) is 0 Å². The van der Waals surface area contributed by atoms with E-state index in [9.17, 15) is 14.9 Å². The van der Waals surface area contributed by atoms with Gasteiger partial charge in [-0.25, -0.2) is 0 Å². The van der Waals surface area contributed by atoms with E-state index in [0.29, 0.717) is 23.3 Å². The van der Waals surface area contributed by atoms with E-state index in [0.717, 1.165) is 0 Å². The van der Waals surface area contributed by atoms with Gasteiger partial charge in [-0.1, -0.05) is 0 Å². The molecule has 0 N–H and O–H groups in total. The molecule has 0 aromatic carbocycles. The van der Waals surface area contributed by atoms with Gasteiger partial charge in [-0.2, -0.15) is 0 Å². The highest BCUT2D eigenvalue weighted by atomic mass is 79.9. The molecule has 7 heteroatoms. The molecule has 1 aromatic heterocycles. The van der Waals surface area contributed by atoms with E-state index < -0.39 is 16.2 Å². The Kier molecular flexibility index (Phi) is 4.28. The Morgan fingerprint density at radius 3 is 2.80 bits per heavy atom. The summed E-state index contributed by atoms with van der Waals surface area (Å²) in [5.41, 5.74) is -1.03. The van der Waals surface area contributed by atoms with Crippen LogP contribution in [0.2, 0.25) is 0 Å². The van der Waals surface area contributed by atoms with E-state index >= 15 is 0 Å². The van der Waals surface area contributed by atoms with Crippen LogP contribution in [0.4, 0.5) is 5.69 Å². The smallest absolute Gasteiger partial charge is 0.308 e. The molecule has 1 heterocycles. The Morgan fingerprint density at radius 2 is 2.27 bits per heavy atom. The lowest BCUT2D eigenvalue weighted by Gasteiger charge is -2.04. The highest BCUT2D eigenvalue weighted by Gasteiger charge is 2.15. The Morgan fingerprint density at radius 1 is 1.60 bits per heavy atom. The highest BCUT2D eigenvalue weighted by molar-refractivity contribution is 9.10. The average molecular weight is 296 g/mol. The maximum atomic E-state index is 11.5. The zero-order valence-electron chi connectivity index (χ0n) is 7.65. The molecule has 82 valence electrons. The fraction of sp³-hybridized carbons (Fsp3) is 0.375. The molecule has 0 saturated carbocycles. The maximum absolute atomic E-state index is 11.5. The van der Waals surface area contributed by atoms with Crippen LogP contribution in [0, 0.1) is 10.1 Å². The van der Waals surface area contributed by atoms with E-state index in [1.807, 2.05) is 0 Å². The largest absolute Gasteiger partial charge is 0.335 e. The van der Waals surface area contributed by atoms with Gasteiger partial charge in [-0.05, 0) is 22.4 Å². The standard InChI is InChI=1S/C8H8BrClN2O3/c9-6-4-7(12(14)15)8(13)11(5-6)3-1-2-10/h4-5H,1-3H2. The first kappa shape index (κ1) is 12.2. The van der Waals surface area contributed by atoms with Gasteiger partial charge in [0.2, 0.25) is 0 Å². The zero-order valence-corrected chi connectivity index (χ0v) is 9.99. The number of hydrogen-bond donors (Lipinski definition) is 0. The molecule has 0 spiro atoms. The quantitative estimate of drug-likeness (QED) is 0.485. The SMILES string of the molecule is O=c1c([N+](=O)[O-])cc(Br)cn1CCCCl. The first-order valence-electron chi connectivity index (χ1n) is 4.16. The van der Waals surface area contributed by atoms with Crippen molar-refractivity contribution in [2.75, 3.05) is 5.88 Å². The lowest BCUT2D eigenvalue weighted by atomic mass is 10.4. The molecule has 0 bridgehead atoms. The molecular formula is C8H8BrClN2O3. The summed E-state index contributed by atoms with van der Waals surface area (Å²) in [5, 5.41) is 10.5. The van der Waals surface area contributed by atoms with Crippen molar-refractivity contribution < 1.29 is 4.92 Å². The summed E-state index contributed by atoms with van der Waals surface area (Å²) in [4.78, 5) is 21.4. The molecule has 0 radical (unpaired) electrons. The van der Waals surface area contributed by atoms with E-state index in [1.165, 1.54) is 16.8 Å². The number of aromatic nitrogens is 1. The Hall–Kier alpha value is -0.880. The average Bonchev–Trinajstić information content (AvgIpc) is 2.18. The summed E-state index contributed by atoms with van der Waals surface area (Å²) in [7, 11) is 0. The fourth-order valence-electron chi connectivity index (χ4n) is 1.11. The van der Waals surface area contributed by atoms with Crippen LogP contribution in [0.15, 0.2) is 21.5 Å². The summed E-state index contributed by atoms with van der Waals surface area (Å²) in [6, 6.07) is 1.19. The summed E-state index contributed by atoms with van der Waals surface area (Å²) in [5.74, 6) is 0.409. The predicted octanol–water partition coefficient (Wildman–Crippen LogP) is 2.15. The van der Waals surface area contributed by atoms with Gasteiger partial charge in [0.05, 0.1) is 4.92 Å². The van der Waals surface area contributed by atoms with E-state index in [2.05, 4.69) is 15.9 Å². The number of nitrogens with zero attached hydrogens (tertiary/aromatic N) is 2. The number of pyridine rings is 1. The third kappa shape index (κ3) is 3.04. The van der Waals surface area contributed by atoms with Gasteiger partial charge in [-0.15, -0.1) is 11.6 Å². The van der Waals surface area contributed by atoms with Crippen molar-refractivity contribution in [3.05, 3.63) is 37.2 Å². The minimum Gasteiger partial charge on any atom is -0.308 e. The van der Waals surface area contributed by atoms with Gasteiger partial charge >= 0.3 is 11.2 Å². The molecule has 1 rings (SSSR count). The van der Waals surface area contributed by atoms with Crippen LogP contribution in [0.3, 0.4) is 0 Å². The Bertz CT molecular complexity index is 432. The van der Waals surface area contributed by atoms with Gasteiger partial charge in [-0.3, -0.25) is 14.9 Å². The van der Waals surface area contributed by atoms with Gasteiger partial charge in [0.25, 0.3) is 0 Å². The topological polar surface area (TPSA) is 65.1 Å². The van der Waals surface area contributed by atoms with Crippen LogP contribution in [0.1, 0.15) is 6.42 Å². The molecule has 0 unspecified atom stereocenters. The van der Waals surface area contributed by atoms with Gasteiger partial charge in [0, 0.05) is 29.2 Å². The van der Waals surface area contributed by atoms with Crippen molar-refractivity contribution in [2.45, 2.75) is 13.0 Å². The molecule has 15 heavy (non-hydrogen) atoms. The highest BCUT2D eigenvalue weighted by Crippen LogP contribution is 2.13. The van der Waals surface area contributed by atoms with E-state index in [4.69, 9.17) is 11.6 Å². The summed E-state index contributed by atoms with van der Waals surface area (Å²) in [6.45, 7) is 0.378. The van der Waals surface area contributed by atoms with Crippen molar-refractivity contribution in [3.8, 4) is 0 Å². The second kappa shape index (κ2) is 5.27. The number of rotatable bonds is 4. The van der Waals surface area contributed by atoms with Crippen molar-refractivity contribution >= 4 is 33.2 Å². The minimum absolute atomic E-state index is 0.378. The third-order valence-electron chi connectivity index (χ3n) is 1.76. The first-order chi connectivity index (χ1) is 7.06. The molecule has 0 amide bonds. The number of nitro groups is 1. The second-order valence-electron chi connectivity index (χ2n) is 2.84. The molecule has 0 saturated heterocycles. The predicted molar refractivity (Wildman–Crippen MR) is 60.4 cm³/mol. The van der Waals surface area contributed by atoms with Gasteiger partial charge < -0.3 is 4.57 Å². The molecule has 5 nitrogen and oxygen atoms in total. The molecule has 1 aromatic rings. The van der Waals surface area contributed by atoms with E-state index in [1.54, 1.807) is 0 Å². The zero-order chi connectivity index (χ0) is 11.4. The van der Waals surface area contributed by atoms with Crippen LogP contribution in [-0.4, -0.2) is 15.4 Å². The first-order valence-corrected chi connectivity index (χ1v) is 5.49. The maximum Gasteiger partial charge on any atom is 0.335 e.